The number of esters is 1. The van der Waals surface area contributed by atoms with E-state index in [9.17, 15) is 9.90 Å². The number of phenols is 1. The molecule has 0 amide bonds. The normalized spacial score (nSPS) is 23.1. The topological polar surface area (TPSA) is 46.5 Å². The van der Waals surface area contributed by atoms with E-state index in [2.05, 4.69) is 0 Å². The zero-order valence-electron chi connectivity index (χ0n) is 9.56. The Morgan fingerprint density at radius 2 is 2.00 bits per heavy atom. The van der Waals surface area contributed by atoms with Crippen LogP contribution in [-0.2, 0) is 16.0 Å². The second-order valence-corrected chi connectivity index (χ2v) is 4.85. The van der Waals surface area contributed by atoms with E-state index in [1.54, 1.807) is 12.1 Å². The van der Waals surface area contributed by atoms with Gasteiger partial charge < -0.3 is 9.84 Å². The highest BCUT2D eigenvalue weighted by molar-refractivity contribution is 5.72. The summed E-state index contributed by atoms with van der Waals surface area (Å²) in [6.45, 7) is 3.89. The average molecular weight is 220 g/mol. The summed E-state index contributed by atoms with van der Waals surface area (Å²) in [5.41, 5.74) is 0.740. The van der Waals surface area contributed by atoms with E-state index >= 15 is 0 Å². The van der Waals surface area contributed by atoms with Crippen LogP contribution in [0.3, 0.4) is 0 Å². The molecule has 1 N–H and O–H groups in total. The Balaban J connectivity index is 2.10. The summed E-state index contributed by atoms with van der Waals surface area (Å²) >= 11 is 0. The fourth-order valence-electron chi connectivity index (χ4n) is 2.10. The van der Waals surface area contributed by atoms with Crippen LogP contribution in [0.15, 0.2) is 24.3 Å². The van der Waals surface area contributed by atoms with Crippen molar-refractivity contribution >= 4 is 5.97 Å². The molecule has 1 saturated heterocycles. The molecule has 1 aromatic carbocycles. The van der Waals surface area contributed by atoms with Gasteiger partial charge in [0.05, 0.1) is 6.42 Å². The molecule has 1 atom stereocenters. The molecule has 3 nitrogen and oxygen atoms in total. The molecule has 3 heteroatoms. The molecule has 16 heavy (non-hydrogen) atoms. The highest BCUT2D eigenvalue weighted by atomic mass is 16.6. The van der Waals surface area contributed by atoms with Crippen LogP contribution in [0.25, 0.3) is 0 Å². The third-order valence-electron chi connectivity index (χ3n) is 3.19. The van der Waals surface area contributed by atoms with Gasteiger partial charge in [-0.25, -0.2) is 0 Å². The highest BCUT2D eigenvalue weighted by Crippen LogP contribution is 2.34. The third kappa shape index (κ3) is 2.18. The lowest BCUT2D eigenvalue weighted by Gasteiger charge is -2.24. The van der Waals surface area contributed by atoms with E-state index in [0.29, 0.717) is 6.42 Å². The van der Waals surface area contributed by atoms with Crippen molar-refractivity contribution in [1.29, 1.82) is 0 Å². The average Bonchev–Trinajstić information content (AvgIpc) is 2.43. The quantitative estimate of drug-likeness (QED) is 0.778. The highest BCUT2D eigenvalue weighted by Gasteiger charge is 2.41. The molecule has 0 radical (unpaired) electrons. The van der Waals surface area contributed by atoms with Crippen LogP contribution in [0.1, 0.15) is 25.8 Å². The Bertz CT molecular complexity index is 392. The molecule has 0 aliphatic carbocycles. The number of benzene rings is 1. The predicted octanol–water partition coefficient (Wildman–Crippen LogP) is 2.28. The van der Waals surface area contributed by atoms with Crippen LogP contribution in [-0.4, -0.2) is 16.7 Å². The summed E-state index contributed by atoms with van der Waals surface area (Å²) in [5.74, 6) is 0.361. The summed E-state index contributed by atoms with van der Waals surface area (Å²) in [6.07, 6.45) is 1.28. The summed E-state index contributed by atoms with van der Waals surface area (Å²) in [6, 6.07) is 7.10. The molecular formula is C13H16O3. The number of hydrogen-bond donors (Lipinski definition) is 1. The van der Waals surface area contributed by atoms with Gasteiger partial charge in [0, 0.05) is 5.92 Å². The van der Waals surface area contributed by atoms with Crippen molar-refractivity contribution < 1.29 is 14.6 Å². The Morgan fingerprint density at radius 3 is 2.50 bits per heavy atom. The third-order valence-corrected chi connectivity index (χ3v) is 3.19. The van der Waals surface area contributed by atoms with E-state index in [4.69, 9.17) is 4.74 Å². The Kier molecular flexibility index (Phi) is 2.62. The minimum Gasteiger partial charge on any atom is -0.508 e. The number of carbonyl (C=O) groups is 1. The van der Waals surface area contributed by atoms with Crippen LogP contribution in [0, 0.1) is 5.92 Å². The van der Waals surface area contributed by atoms with Gasteiger partial charge in [-0.15, -0.1) is 0 Å². The molecule has 86 valence electrons. The standard InChI is InChI=1S/C13H16O3/c1-13(2)10(8-12(15)16-13)7-9-3-5-11(14)6-4-9/h3-6,10,14H,7-8H2,1-2H3/t10-/m0/s1. The minimum atomic E-state index is -0.380. The molecule has 0 saturated carbocycles. The van der Waals surface area contributed by atoms with E-state index < -0.39 is 0 Å². The lowest BCUT2D eigenvalue weighted by molar-refractivity contribution is -0.146. The van der Waals surface area contributed by atoms with Crippen LogP contribution < -0.4 is 0 Å². The van der Waals surface area contributed by atoms with Gasteiger partial charge in [0.2, 0.25) is 0 Å². The molecule has 0 spiro atoms. The Hall–Kier alpha value is -1.51. The molecule has 1 fully saturated rings. The van der Waals surface area contributed by atoms with E-state index in [-0.39, 0.29) is 23.2 Å². The fourth-order valence-corrected chi connectivity index (χ4v) is 2.10. The van der Waals surface area contributed by atoms with Gasteiger partial charge in [0.25, 0.3) is 0 Å². The van der Waals surface area contributed by atoms with Crippen molar-refractivity contribution in [3.05, 3.63) is 29.8 Å². The number of phenolic OH excluding ortho intramolecular Hbond substituents is 1. The molecule has 0 unspecified atom stereocenters. The van der Waals surface area contributed by atoms with Gasteiger partial charge >= 0.3 is 5.97 Å². The molecule has 1 aliphatic heterocycles. The van der Waals surface area contributed by atoms with Crippen molar-refractivity contribution in [2.45, 2.75) is 32.3 Å². The number of ether oxygens (including phenoxy) is 1. The summed E-state index contributed by atoms with van der Waals surface area (Å²) < 4.78 is 5.27. The van der Waals surface area contributed by atoms with Crippen molar-refractivity contribution in [1.82, 2.24) is 0 Å². The molecular weight excluding hydrogens is 204 g/mol. The lowest BCUT2D eigenvalue weighted by Crippen LogP contribution is -2.28. The maximum absolute atomic E-state index is 11.3. The van der Waals surface area contributed by atoms with Gasteiger partial charge in [-0.05, 0) is 38.0 Å². The van der Waals surface area contributed by atoms with E-state index in [1.165, 1.54) is 0 Å². The molecule has 1 heterocycles. The molecule has 1 aromatic rings. The second-order valence-electron chi connectivity index (χ2n) is 4.85. The van der Waals surface area contributed by atoms with Crippen LogP contribution in [0.5, 0.6) is 5.75 Å². The fraction of sp³-hybridized carbons (Fsp3) is 0.462. The van der Waals surface area contributed by atoms with Crippen molar-refractivity contribution in [3.63, 3.8) is 0 Å². The van der Waals surface area contributed by atoms with E-state index in [0.717, 1.165) is 12.0 Å². The molecule has 2 rings (SSSR count). The van der Waals surface area contributed by atoms with Crippen molar-refractivity contribution in [2.24, 2.45) is 5.92 Å². The number of hydrogen-bond acceptors (Lipinski definition) is 3. The van der Waals surface area contributed by atoms with Gasteiger partial charge in [-0.3, -0.25) is 4.79 Å². The lowest BCUT2D eigenvalue weighted by atomic mass is 9.85. The predicted molar refractivity (Wildman–Crippen MR) is 60.1 cm³/mol. The molecule has 0 bridgehead atoms. The molecule has 1 aliphatic rings. The maximum atomic E-state index is 11.3. The van der Waals surface area contributed by atoms with E-state index in [1.807, 2.05) is 26.0 Å². The van der Waals surface area contributed by atoms with Crippen LogP contribution >= 0.6 is 0 Å². The number of carbonyl (C=O) groups excluding carboxylic acids is 1. The first kappa shape index (κ1) is 11.0. The number of cyclic esters (lactones) is 1. The SMILES string of the molecule is CC1(C)OC(=O)C[C@@H]1Cc1ccc(O)cc1. The smallest absolute Gasteiger partial charge is 0.306 e. The largest absolute Gasteiger partial charge is 0.508 e. The minimum absolute atomic E-state index is 0.117. The zero-order valence-corrected chi connectivity index (χ0v) is 9.56. The molecule has 0 aromatic heterocycles. The van der Waals surface area contributed by atoms with Crippen LogP contribution in [0.2, 0.25) is 0 Å². The summed E-state index contributed by atoms with van der Waals surface area (Å²) in [7, 11) is 0. The summed E-state index contributed by atoms with van der Waals surface area (Å²) in [5, 5.41) is 9.18. The van der Waals surface area contributed by atoms with Crippen LogP contribution in [0.4, 0.5) is 0 Å². The number of aromatic hydroxyl groups is 1. The van der Waals surface area contributed by atoms with Crippen molar-refractivity contribution in [2.75, 3.05) is 0 Å². The Labute approximate surface area is 95.0 Å². The summed E-state index contributed by atoms with van der Waals surface area (Å²) in [4.78, 5) is 11.3. The first-order valence-electron chi connectivity index (χ1n) is 5.47. The van der Waals surface area contributed by atoms with Gasteiger partial charge in [0.15, 0.2) is 0 Å². The maximum Gasteiger partial charge on any atom is 0.306 e. The number of rotatable bonds is 2. The van der Waals surface area contributed by atoms with Gasteiger partial charge in [-0.1, -0.05) is 12.1 Å². The van der Waals surface area contributed by atoms with Gasteiger partial charge in [-0.2, -0.15) is 0 Å². The van der Waals surface area contributed by atoms with Crippen molar-refractivity contribution in [3.8, 4) is 5.75 Å². The van der Waals surface area contributed by atoms with Gasteiger partial charge in [0.1, 0.15) is 11.4 Å². The monoisotopic (exact) mass is 220 g/mol. The first-order valence-corrected chi connectivity index (χ1v) is 5.47. The second kappa shape index (κ2) is 3.81. The Morgan fingerprint density at radius 1 is 1.38 bits per heavy atom. The zero-order chi connectivity index (χ0) is 11.8. The first-order chi connectivity index (χ1) is 7.47.